The van der Waals surface area contributed by atoms with Gasteiger partial charge in [-0.3, -0.25) is 18.9 Å². The van der Waals surface area contributed by atoms with E-state index >= 15 is 0 Å². The summed E-state index contributed by atoms with van der Waals surface area (Å²) < 4.78 is 27.2. The summed E-state index contributed by atoms with van der Waals surface area (Å²) in [5.41, 5.74) is -0.918. The second-order valence-electron chi connectivity index (χ2n) is 13.4. The molecule has 1 aliphatic heterocycles. The quantitative estimate of drug-likeness (QED) is 0.0498. The van der Waals surface area contributed by atoms with E-state index in [-0.39, 0.29) is 6.42 Å². The maximum atomic E-state index is 11.7. The number of aromatic nitrogens is 2. The average molecular weight is 705 g/mol. The van der Waals surface area contributed by atoms with Crippen LogP contribution in [0.15, 0.2) is 15.8 Å². The summed E-state index contributed by atoms with van der Waals surface area (Å²) in [6.07, 6.45) is 29.6. The molecule has 1 aliphatic rings. The molecule has 11 nitrogen and oxygen atoms in total. The number of hydrogen-bond donors (Lipinski definition) is 4. The Balaban J connectivity index is 0.000000493. The predicted molar refractivity (Wildman–Crippen MR) is 192 cm³/mol. The Morgan fingerprint density at radius 3 is 1.60 bits per heavy atom. The molecule has 0 aromatic carbocycles. The minimum Gasteiger partial charge on any atom is -0.390 e. The number of aromatic amines is 1. The van der Waals surface area contributed by atoms with Gasteiger partial charge in [-0.2, -0.15) is 0 Å². The standard InChI is InChI=1S/C26H54O.C10H15N2O8P/c1-3-5-7-9-11-13-15-17-19-21-23-25-27-26-24-22-20-18-16-14-12-10-8-6-4-2;1-5-3-12(10(15)11-9(5)14)8-2-6(13)7(20-8)4-19-21(16,17)18/h3-26H2,1-2H3;3,6-8,13H,2,4H2,1H3,(H,11,14,15)(H2,16,17,18)/t;6-,7+,8+/m.0/s1. The van der Waals surface area contributed by atoms with Crippen molar-refractivity contribution >= 4 is 7.82 Å². The van der Waals surface area contributed by atoms with Gasteiger partial charge >= 0.3 is 13.5 Å². The molecule has 1 fully saturated rings. The monoisotopic (exact) mass is 704 g/mol. The number of unbranched alkanes of at least 4 members (excludes halogenated alkanes) is 20. The van der Waals surface area contributed by atoms with Crippen LogP contribution in [-0.4, -0.2) is 56.5 Å². The Bertz CT molecular complexity index is 1050. The predicted octanol–water partition coefficient (Wildman–Crippen LogP) is 8.23. The number of nitrogens with one attached hydrogen (secondary N) is 1. The van der Waals surface area contributed by atoms with Gasteiger partial charge in [0.25, 0.3) is 5.56 Å². The topological polar surface area (TPSA) is 160 Å². The Morgan fingerprint density at radius 1 is 0.771 bits per heavy atom. The minimum atomic E-state index is -4.67. The number of phosphoric acid groups is 1. The van der Waals surface area contributed by atoms with Gasteiger partial charge < -0.3 is 24.4 Å². The van der Waals surface area contributed by atoms with Gasteiger partial charge in [-0.1, -0.05) is 142 Å². The van der Waals surface area contributed by atoms with E-state index in [2.05, 4.69) is 23.4 Å². The molecule has 12 heteroatoms. The van der Waals surface area contributed by atoms with Crippen LogP contribution in [0, 0.1) is 6.92 Å². The van der Waals surface area contributed by atoms with E-state index in [9.17, 15) is 19.3 Å². The van der Waals surface area contributed by atoms with Gasteiger partial charge in [0.05, 0.1) is 12.7 Å². The van der Waals surface area contributed by atoms with E-state index in [1.165, 1.54) is 154 Å². The molecular weight excluding hydrogens is 635 g/mol. The summed E-state index contributed by atoms with van der Waals surface area (Å²) in [5, 5.41) is 9.79. The molecule has 48 heavy (non-hydrogen) atoms. The molecule has 2 rings (SSSR count). The zero-order chi connectivity index (χ0) is 35.5. The van der Waals surface area contributed by atoms with E-state index in [1.54, 1.807) is 0 Å². The summed E-state index contributed by atoms with van der Waals surface area (Å²) in [6, 6.07) is 0. The highest BCUT2D eigenvalue weighted by Gasteiger charge is 2.37. The van der Waals surface area contributed by atoms with E-state index < -0.39 is 44.1 Å². The fourth-order valence-electron chi connectivity index (χ4n) is 5.85. The first-order valence-corrected chi connectivity index (χ1v) is 20.6. The van der Waals surface area contributed by atoms with Crippen LogP contribution in [0.25, 0.3) is 0 Å². The Morgan fingerprint density at radius 2 is 1.19 bits per heavy atom. The molecule has 0 aliphatic carbocycles. The van der Waals surface area contributed by atoms with Gasteiger partial charge in [0, 0.05) is 31.4 Å². The second kappa shape index (κ2) is 28.4. The van der Waals surface area contributed by atoms with Crippen LogP contribution in [0.1, 0.15) is 173 Å². The van der Waals surface area contributed by atoms with Gasteiger partial charge in [0.2, 0.25) is 0 Å². The van der Waals surface area contributed by atoms with Crippen molar-refractivity contribution < 1.29 is 33.5 Å². The largest absolute Gasteiger partial charge is 0.469 e. The molecule has 0 radical (unpaired) electrons. The lowest BCUT2D eigenvalue weighted by atomic mass is 10.1. The number of nitrogens with zero attached hydrogens (tertiary/aromatic N) is 1. The number of aliphatic hydroxyl groups excluding tert-OH is 1. The van der Waals surface area contributed by atoms with Gasteiger partial charge in [-0.15, -0.1) is 0 Å². The van der Waals surface area contributed by atoms with Crippen LogP contribution in [0.5, 0.6) is 0 Å². The number of aryl methyl sites for hydroxylation is 1. The molecule has 0 amide bonds. The molecule has 0 unspecified atom stereocenters. The molecule has 282 valence electrons. The minimum absolute atomic E-state index is 0.0283. The first-order chi connectivity index (χ1) is 23.1. The van der Waals surface area contributed by atoms with Crippen molar-refractivity contribution in [1.29, 1.82) is 0 Å². The van der Waals surface area contributed by atoms with Crippen molar-refractivity contribution in [2.45, 2.75) is 187 Å². The third-order valence-electron chi connectivity index (χ3n) is 8.85. The number of rotatable bonds is 28. The first kappa shape index (κ1) is 44.7. The fourth-order valence-corrected chi connectivity index (χ4v) is 6.19. The van der Waals surface area contributed by atoms with Crippen LogP contribution >= 0.6 is 7.82 Å². The SMILES string of the molecule is CCCCCCCCCCCCCOCCCCCCCCCCCCC.Cc1cn([C@H]2C[C@H](O)[C@@H](COP(=O)(O)O)O2)c(=O)[nH]c1=O. The van der Waals surface area contributed by atoms with Crippen molar-refractivity contribution in [3.63, 3.8) is 0 Å². The Labute approximate surface area is 289 Å². The lowest BCUT2D eigenvalue weighted by Crippen LogP contribution is -2.33. The zero-order valence-corrected chi connectivity index (χ0v) is 31.3. The van der Waals surface area contributed by atoms with Gasteiger partial charge in [0.15, 0.2) is 0 Å². The van der Waals surface area contributed by atoms with Crippen LogP contribution in [0.2, 0.25) is 0 Å². The Kier molecular flexibility index (Phi) is 26.4. The van der Waals surface area contributed by atoms with Crippen LogP contribution in [-0.2, 0) is 18.6 Å². The molecular formula is C36H69N2O9P. The van der Waals surface area contributed by atoms with E-state index in [4.69, 9.17) is 19.3 Å². The molecule has 0 spiro atoms. The van der Waals surface area contributed by atoms with Crippen molar-refractivity contribution in [1.82, 2.24) is 9.55 Å². The summed E-state index contributed by atoms with van der Waals surface area (Å²) in [6.45, 7) is 7.57. The zero-order valence-electron chi connectivity index (χ0n) is 30.4. The average Bonchev–Trinajstić information content (AvgIpc) is 3.42. The molecule has 4 N–H and O–H groups in total. The second-order valence-corrected chi connectivity index (χ2v) is 14.6. The summed E-state index contributed by atoms with van der Waals surface area (Å²) in [5.74, 6) is 0. The molecule has 0 bridgehead atoms. The van der Waals surface area contributed by atoms with Gasteiger partial charge in [0.1, 0.15) is 12.3 Å². The highest BCUT2D eigenvalue weighted by molar-refractivity contribution is 7.46. The summed E-state index contributed by atoms with van der Waals surface area (Å²) in [4.78, 5) is 42.3. The highest BCUT2D eigenvalue weighted by atomic mass is 31.2. The van der Waals surface area contributed by atoms with Crippen LogP contribution in [0.3, 0.4) is 0 Å². The molecule has 1 aromatic heterocycles. The lowest BCUT2D eigenvalue weighted by Gasteiger charge is -2.16. The maximum absolute atomic E-state index is 11.7. The summed E-state index contributed by atoms with van der Waals surface area (Å²) >= 11 is 0. The molecule has 0 saturated carbocycles. The van der Waals surface area contributed by atoms with E-state index in [1.807, 2.05) is 0 Å². The maximum Gasteiger partial charge on any atom is 0.469 e. The van der Waals surface area contributed by atoms with Crippen LogP contribution < -0.4 is 11.2 Å². The Hall–Kier alpha value is -1.33. The van der Waals surface area contributed by atoms with Crippen molar-refractivity contribution in [3.05, 3.63) is 32.6 Å². The summed E-state index contributed by atoms with van der Waals surface area (Å²) in [7, 11) is -4.67. The van der Waals surface area contributed by atoms with Crippen molar-refractivity contribution in [3.8, 4) is 0 Å². The van der Waals surface area contributed by atoms with Gasteiger partial charge in [-0.25, -0.2) is 9.36 Å². The smallest absolute Gasteiger partial charge is 0.390 e. The molecule has 3 atom stereocenters. The van der Waals surface area contributed by atoms with Crippen molar-refractivity contribution in [2.24, 2.45) is 0 Å². The molecule has 1 aromatic rings. The van der Waals surface area contributed by atoms with E-state index in [0.29, 0.717) is 5.56 Å². The third kappa shape index (κ3) is 23.1. The molecule has 2 heterocycles. The first-order valence-electron chi connectivity index (χ1n) is 19.0. The number of aliphatic hydroxyl groups is 1. The van der Waals surface area contributed by atoms with Crippen LogP contribution in [0.4, 0.5) is 0 Å². The van der Waals surface area contributed by atoms with E-state index in [0.717, 1.165) is 17.8 Å². The number of ether oxygens (including phenoxy) is 2. The van der Waals surface area contributed by atoms with Crippen molar-refractivity contribution in [2.75, 3.05) is 19.8 Å². The molecule has 1 saturated heterocycles. The highest BCUT2D eigenvalue weighted by Crippen LogP contribution is 2.38. The lowest BCUT2D eigenvalue weighted by molar-refractivity contribution is -0.0451. The third-order valence-corrected chi connectivity index (χ3v) is 9.34. The fraction of sp³-hybridized carbons (Fsp3) is 0.889. The van der Waals surface area contributed by atoms with Gasteiger partial charge in [-0.05, 0) is 19.8 Å². The normalized spacial score (nSPS) is 17.8. The number of hydrogen-bond acceptors (Lipinski definition) is 7. The number of phosphoric ester groups is 1. The number of H-pyrrole nitrogens is 1.